The van der Waals surface area contributed by atoms with Crippen molar-refractivity contribution in [2.45, 2.75) is 0 Å². The number of carbonyl (C=O) groups is 1. The smallest absolute Gasteiger partial charge is 0.259 e. The number of nitrogens with two attached hydrogens (primary N) is 1. The summed E-state index contributed by atoms with van der Waals surface area (Å²) in [6.07, 6.45) is 0. The molecule has 0 aliphatic carbocycles. The molecule has 0 atom stereocenters. The standard InChI is InChI=1S/C14H12N2O2S/c15-13(19)9-5-1-3-7-11(9)16-14(18)10-6-2-4-8-12(10)17/h1-8,17H,(H2,15,19)(H,16,18). The molecular weight excluding hydrogens is 260 g/mol. The van der Waals surface area contributed by atoms with Crippen molar-refractivity contribution in [3.8, 4) is 5.75 Å². The first-order valence-electron chi connectivity index (χ1n) is 5.58. The summed E-state index contributed by atoms with van der Waals surface area (Å²) in [4.78, 5) is 12.3. The maximum absolute atomic E-state index is 12.1. The van der Waals surface area contributed by atoms with Crippen molar-refractivity contribution < 1.29 is 9.90 Å². The SMILES string of the molecule is NC(=S)c1ccccc1NC(=O)c1ccccc1O. The van der Waals surface area contributed by atoms with Gasteiger partial charge in [0.15, 0.2) is 0 Å². The molecule has 4 nitrogen and oxygen atoms in total. The lowest BCUT2D eigenvalue weighted by Gasteiger charge is -2.10. The number of phenolic OH excluding ortho intramolecular Hbond substituents is 1. The minimum Gasteiger partial charge on any atom is -0.507 e. The lowest BCUT2D eigenvalue weighted by Crippen LogP contribution is -2.17. The van der Waals surface area contributed by atoms with Crippen molar-refractivity contribution in [1.82, 2.24) is 0 Å². The number of hydrogen-bond acceptors (Lipinski definition) is 3. The molecule has 5 heteroatoms. The second-order valence-corrected chi connectivity index (χ2v) is 4.32. The quantitative estimate of drug-likeness (QED) is 0.749. The number of anilines is 1. The Labute approximate surface area is 115 Å². The first kappa shape index (κ1) is 13.0. The van der Waals surface area contributed by atoms with E-state index in [-0.39, 0.29) is 16.3 Å². The van der Waals surface area contributed by atoms with Gasteiger partial charge in [0.2, 0.25) is 0 Å². The number of benzene rings is 2. The molecule has 0 aromatic heterocycles. The highest BCUT2D eigenvalue weighted by Crippen LogP contribution is 2.20. The number of carbonyl (C=O) groups excluding carboxylic acids is 1. The monoisotopic (exact) mass is 272 g/mol. The maximum atomic E-state index is 12.1. The van der Waals surface area contributed by atoms with Crippen molar-refractivity contribution in [2.75, 3.05) is 5.32 Å². The molecule has 4 N–H and O–H groups in total. The highest BCUT2D eigenvalue weighted by atomic mass is 32.1. The molecule has 0 bridgehead atoms. The Morgan fingerprint density at radius 1 is 1.05 bits per heavy atom. The maximum Gasteiger partial charge on any atom is 0.259 e. The van der Waals surface area contributed by atoms with E-state index < -0.39 is 5.91 Å². The van der Waals surface area contributed by atoms with Crippen molar-refractivity contribution in [3.05, 3.63) is 59.7 Å². The third-order valence-corrected chi connectivity index (χ3v) is 2.81. The number of aromatic hydroxyl groups is 1. The molecular formula is C14H12N2O2S. The summed E-state index contributed by atoms with van der Waals surface area (Å²) in [6.45, 7) is 0. The van der Waals surface area contributed by atoms with Gasteiger partial charge < -0.3 is 16.2 Å². The van der Waals surface area contributed by atoms with E-state index in [0.29, 0.717) is 11.3 Å². The van der Waals surface area contributed by atoms with Gasteiger partial charge in [0.25, 0.3) is 5.91 Å². The first-order chi connectivity index (χ1) is 9.09. The summed E-state index contributed by atoms with van der Waals surface area (Å²) in [5.41, 5.74) is 6.89. The van der Waals surface area contributed by atoms with Crippen molar-refractivity contribution >= 4 is 28.8 Å². The van der Waals surface area contributed by atoms with Crippen LogP contribution in [0.1, 0.15) is 15.9 Å². The molecule has 2 aromatic rings. The van der Waals surface area contributed by atoms with Gasteiger partial charge in [-0.25, -0.2) is 0 Å². The fourth-order valence-corrected chi connectivity index (χ4v) is 1.84. The Bertz CT molecular complexity index is 641. The van der Waals surface area contributed by atoms with Gasteiger partial charge >= 0.3 is 0 Å². The highest BCUT2D eigenvalue weighted by Gasteiger charge is 2.12. The summed E-state index contributed by atoms with van der Waals surface area (Å²) in [5, 5.41) is 12.3. The second-order valence-electron chi connectivity index (χ2n) is 3.88. The van der Waals surface area contributed by atoms with Gasteiger partial charge in [0, 0.05) is 5.56 Å². The first-order valence-corrected chi connectivity index (χ1v) is 5.98. The summed E-state index contributed by atoms with van der Waals surface area (Å²) in [5.74, 6) is -0.491. The van der Waals surface area contributed by atoms with Crippen LogP contribution in [0.15, 0.2) is 48.5 Å². The average molecular weight is 272 g/mol. The van der Waals surface area contributed by atoms with Gasteiger partial charge in [-0.15, -0.1) is 0 Å². The molecule has 0 saturated heterocycles. The Hall–Kier alpha value is -2.40. The molecule has 0 unspecified atom stereocenters. The van der Waals surface area contributed by atoms with Crippen molar-refractivity contribution in [3.63, 3.8) is 0 Å². The Morgan fingerprint density at radius 2 is 1.63 bits per heavy atom. The van der Waals surface area contributed by atoms with E-state index in [0.717, 1.165) is 0 Å². The summed E-state index contributed by atoms with van der Waals surface area (Å²) in [6, 6.07) is 13.3. The van der Waals surface area contributed by atoms with Crippen molar-refractivity contribution in [2.24, 2.45) is 5.73 Å². The molecule has 2 rings (SSSR count). The van der Waals surface area contributed by atoms with Gasteiger partial charge in [-0.05, 0) is 24.3 Å². The second kappa shape index (κ2) is 5.49. The lowest BCUT2D eigenvalue weighted by atomic mass is 10.1. The Balaban J connectivity index is 2.30. The lowest BCUT2D eigenvalue weighted by molar-refractivity contribution is 0.102. The number of hydrogen-bond donors (Lipinski definition) is 3. The molecule has 0 aliphatic rings. The van der Waals surface area contributed by atoms with Gasteiger partial charge in [-0.3, -0.25) is 4.79 Å². The number of amides is 1. The molecule has 0 aliphatic heterocycles. The van der Waals surface area contributed by atoms with E-state index in [4.69, 9.17) is 18.0 Å². The number of phenols is 1. The molecule has 0 saturated carbocycles. The van der Waals surface area contributed by atoms with Crippen molar-refractivity contribution in [1.29, 1.82) is 0 Å². The number of rotatable bonds is 3. The molecule has 19 heavy (non-hydrogen) atoms. The minimum atomic E-state index is -0.415. The van der Waals surface area contributed by atoms with Crippen LogP contribution < -0.4 is 11.1 Å². The zero-order valence-corrected chi connectivity index (χ0v) is 10.8. The summed E-state index contributed by atoms with van der Waals surface area (Å²) < 4.78 is 0. The zero-order chi connectivity index (χ0) is 13.8. The topological polar surface area (TPSA) is 75.3 Å². The molecule has 96 valence electrons. The van der Waals surface area contributed by atoms with Crippen LogP contribution >= 0.6 is 12.2 Å². The third kappa shape index (κ3) is 2.89. The predicted molar refractivity (Wildman–Crippen MR) is 78.4 cm³/mol. The third-order valence-electron chi connectivity index (χ3n) is 2.59. The molecule has 0 fully saturated rings. The van der Waals surface area contributed by atoms with Crippen LogP contribution in [0.2, 0.25) is 0 Å². The van der Waals surface area contributed by atoms with Gasteiger partial charge in [0.1, 0.15) is 10.7 Å². The number of para-hydroxylation sites is 2. The van der Waals surface area contributed by atoms with E-state index in [2.05, 4.69) is 5.32 Å². The Morgan fingerprint density at radius 3 is 2.26 bits per heavy atom. The summed E-state index contributed by atoms with van der Waals surface area (Å²) >= 11 is 4.92. The van der Waals surface area contributed by atoms with E-state index >= 15 is 0 Å². The largest absolute Gasteiger partial charge is 0.507 e. The fraction of sp³-hybridized carbons (Fsp3) is 0. The van der Waals surface area contributed by atoms with Crippen LogP contribution in [0.4, 0.5) is 5.69 Å². The average Bonchev–Trinajstić information content (AvgIpc) is 2.39. The van der Waals surface area contributed by atoms with Crippen LogP contribution in [-0.4, -0.2) is 16.0 Å². The minimum absolute atomic E-state index is 0.0761. The van der Waals surface area contributed by atoms with Crippen LogP contribution in [-0.2, 0) is 0 Å². The van der Waals surface area contributed by atoms with Crippen LogP contribution in [0.3, 0.4) is 0 Å². The van der Waals surface area contributed by atoms with Crippen LogP contribution in [0, 0.1) is 0 Å². The molecule has 0 heterocycles. The summed E-state index contributed by atoms with van der Waals surface area (Å²) in [7, 11) is 0. The normalized spacial score (nSPS) is 9.89. The Kier molecular flexibility index (Phi) is 3.77. The van der Waals surface area contributed by atoms with E-state index in [9.17, 15) is 9.90 Å². The van der Waals surface area contributed by atoms with Crippen LogP contribution in [0.5, 0.6) is 5.75 Å². The van der Waals surface area contributed by atoms with Crippen LogP contribution in [0.25, 0.3) is 0 Å². The molecule has 0 spiro atoms. The fourth-order valence-electron chi connectivity index (χ4n) is 1.66. The van der Waals surface area contributed by atoms with E-state index in [1.165, 1.54) is 12.1 Å². The molecule has 2 aromatic carbocycles. The predicted octanol–water partition coefficient (Wildman–Crippen LogP) is 2.28. The molecule has 1 amide bonds. The molecule has 0 radical (unpaired) electrons. The highest BCUT2D eigenvalue weighted by molar-refractivity contribution is 7.80. The number of nitrogens with one attached hydrogen (secondary N) is 1. The van der Waals surface area contributed by atoms with Gasteiger partial charge in [0.05, 0.1) is 11.3 Å². The van der Waals surface area contributed by atoms with E-state index in [1.54, 1.807) is 36.4 Å². The zero-order valence-electron chi connectivity index (χ0n) is 9.96. The van der Waals surface area contributed by atoms with E-state index in [1.807, 2.05) is 0 Å². The number of thiocarbonyl (C=S) groups is 1. The van der Waals surface area contributed by atoms with Gasteiger partial charge in [-0.1, -0.05) is 36.5 Å². The van der Waals surface area contributed by atoms with Gasteiger partial charge in [-0.2, -0.15) is 0 Å².